The van der Waals surface area contributed by atoms with Gasteiger partial charge in [-0.05, 0) is 59.8 Å². The smallest absolute Gasteiger partial charge is 0.340 e. The normalized spacial score (nSPS) is 16.1. The third-order valence-electron chi connectivity index (χ3n) is 5.81. The molecule has 8 nitrogen and oxygen atoms in total. The van der Waals surface area contributed by atoms with Crippen LogP contribution in [0.1, 0.15) is 81.7 Å². The lowest BCUT2D eigenvalue weighted by atomic mass is 9.93. The van der Waals surface area contributed by atoms with Gasteiger partial charge < -0.3 is 14.4 Å². The lowest BCUT2D eigenvalue weighted by Crippen LogP contribution is -2.38. The summed E-state index contributed by atoms with van der Waals surface area (Å²) in [4.78, 5) is 32.1. The fraction of sp³-hybridized carbons (Fsp3) is 0.600. The molecule has 1 saturated heterocycles. The molecule has 3 heterocycles. The van der Waals surface area contributed by atoms with Crippen molar-refractivity contribution in [3.8, 4) is 0 Å². The minimum absolute atomic E-state index is 0.136. The van der Waals surface area contributed by atoms with Crippen LogP contribution in [0.2, 0.25) is 0 Å². The van der Waals surface area contributed by atoms with Crippen LogP contribution in [0, 0.1) is 12.8 Å². The summed E-state index contributed by atoms with van der Waals surface area (Å²) in [5.41, 5.74) is 1.61. The third kappa shape index (κ3) is 5.61. The van der Waals surface area contributed by atoms with Crippen LogP contribution in [0.15, 0.2) is 18.7 Å². The predicted octanol–water partition coefficient (Wildman–Crippen LogP) is 4.45. The van der Waals surface area contributed by atoms with Crippen LogP contribution >= 0.6 is 0 Å². The molecule has 2 aromatic rings. The molecule has 0 spiro atoms. The average Bonchev–Trinajstić information content (AvgIpc) is 3.15. The number of hydrogen-bond donors (Lipinski definition) is 0. The molecule has 0 radical (unpaired) electrons. The first-order chi connectivity index (χ1) is 15.6. The summed E-state index contributed by atoms with van der Waals surface area (Å²) < 4.78 is 13.3. The van der Waals surface area contributed by atoms with Gasteiger partial charge in [0.25, 0.3) is 0 Å². The van der Waals surface area contributed by atoms with Gasteiger partial charge in [0.15, 0.2) is 17.5 Å². The van der Waals surface area contributed by atoms with Crippen LogP contribution in [-0.4, -0.2) is 51.6 Å². The Balaban J connectivity index is 2.20. The second-order valence-corrected chi connectivity index (χ2v) is 9.61. The number of nitrogens with zero attached hydrogens (tertiary/aromatic N) is 4. The minimum Gasteiger partial charge on any atom is -0.464 e. The average molecular weight is 457 g/mol. The molecule has 0 unspecified atom stereocenters. The molecule has 2 aromatic heterocycles. The van der Waals surface area contributed by atoms with Crippen molar-refractivity contribution in [2.75, 3.05) is 24.6 Å². The summed E-state index contributed by atoms with van der Waals surface area (Å²) in [5.74, 6) is 0.726. The Morgan fingerprint density at radius 2 is 1.97 bits per heavy atom. The van der Waals surface area contributed by atoms with Crippen molar-refractivity contribution in [1.82, 2.24) is 14.6 Å². The molecule has 0 aromatic carbocycles. The van der Waals surface area contributed by atoms with E-state index in [1.165, 1.54) is 6.92 Å². The first-order valence-corrected chi connectivity index (χ1v) is 11.7. The van der Waals surface area contributed by atoms with E-state index in [2.05, 4.69) is 16.6 Å². The van der Waals surface area contributed by atoms with Gasteiger partial charge in [-0.15, -0.1) is 6.58 Å². The predicted molar refractivity (Wildman–Crippen MR) is 128 cm³/mol. The van der Waals surface area contributed by atoms with Crippen molar-refractivity contribution in [2.24, 2.45) is 5.92 Å². The van der Waals surface area contributed by atoms with E-state index in [0.717, 1.165) is 38.2 Å². The zero-order valence-electron chi connectivity index (χ0n) is 20.7. The molecule has 0 saturated carbocycles. The quantitative estimate of drug-likeness (QED) is 0.329. The molecule has 0 bridgehead atoms. The van der Waals surface area contributed by atoms with Gasteiger partial charge >= 0.3 is 5.97 Å². The number of fused-ring (bicyclic) bond motifs is 1. The lowest BCUT2D eigenvalue weighted by molar-refractivity contribution is -0.166. The summed E-state index contributed by atoms with van der Waals surface area (Å²) in [5, 5.41) is 4.57. The number of rotatable bonds is 8. The zero-order valence-corrected chi connectivity index (χ0v) is 20.7. The number of allylic oxidation sites excluding steroid dienone is 1. The molecule has 1 aliphatic heterocycles. The second-order valence-electron chi connectivity index (χ2n) is 9.61. The number of Topliss-reactive ketones (excluding diaryl/α,β-unsaturated/α-hetero) is 1. The van der Waals surface area contributed by atoms with E-state index in [-0.39, 0.29) is 12.4 Å². The Morgan fingerprint density at radius 3 is 2.52 bits per heavy atom. The molecule has 33 heavy (non-hydrogen) atoms. The van der Waals surface area contributed by atoms with Crippen molar-refractivity contribution < 1.29 is 19.1 Å². The Labute approximate surface area is 196 Å². The van der Waals surface area contributed by atoms with E-state index in [4.69, 9.17) is 14.5 Å². The second kappa shape index (κ2) is 10.0. The molecular weight excluding hydrogens is 420 g/mol. The van der Waals surface area contributed by atoms with Crippen LogP contribution in [0.4, 0.5) is 5.82 Å². The van der Waals surface area contributed by atoms with Gasteiger partial charge in [-0.2, -0.15) is 9.61 Å². The van der Waals surface area contributed by atoms with E-state index < -0.39 is 17.7 Å². The number of carbonyl (C=O) groups excluding carboxylic acids is 2. The van der Waals surface area contributed by atoms with Gasteiger partial charge in [0, 0.05) is 31.8 Å². The molecular formula is C25H36N4O4. The van der Waals surface area contributed by atoms with E-state index in [1.54, 1.807) is 17.5 Å². The number of carbonyl (C=O) groups is 2. The van der Waals surface area contributed by atoms with Gasteiger partial charge in [0.1, 0.15) is 11.5 Å². The largest absolute Gasteiger partial charge is 0.464 e. The fourth-order valence-electron chi connectivity index (χ4n) is 4.31. The molecule has 1 fully saturated rings. The lowest BCUT2D eigenvalue weighted by Gasteiger charge is -2.36. The Bertz CT molecular complexity index is 1030. The summed E-state index contributed by atoms with van der Waals surface area (Å²) in [7, 11) is 0. The monoisotopic (exact) mass is 456 g/mol. The number of anilines is 1. The SMILES string of the molecule is C=CCC1CCN(c2c([C@H](OC(C)(C)C)C(=O)OCC)c(C)nc3cc(C(C)=O)nn23)CC1. The van der Waals surface area contributed by atoms with Crippen molar-refractivity contribution in [3.05, 3.63) is 35.7 Å². The minimum atomic E-state index is -0.965. The third-order valence-corrected chi connectivity index (χ3v) is 5.81. The van der Waals surface area contributed by atoms with Crippen molar-refractivity contribution in [3.63, 3.8) is 0 Å². The first kappa shape index (κ1) is 24.9. The van der Waals surface area contributed by atoms with Crippen LogP contribution in [0.25, 0.3) is 5.65 Å². The van der Waals surface area contributed by atoms with Crippen LogP contribution in [0.5, 0.6) is 0 Å². The maximum absolute atomic E-state index is 13.1. The highest BCUT2D eigenvalue weighted by atomic mass is 16.6. The Kier molecular flexibility index (Phi) is 7.57. The van der Waals surface area contributed by atoms with E-state index >= 15 is 0 Å². The number of esters is 1. The number of aryl methyl sites for hydroxylation is 1. The first-order valence-electron chi connectivity index (χ1n) is 11.7. The van der Waals surface area contributed by atoms with Gasteiger partial charge in [-0.1, -0.05) is 6.08 Å². The number of hydrogen-bond acceptors (Lipinski definition) is 7. The molecule has 0 amide bonds. The number of ketones is 1. The molecule has 1 aliphatic rings. The number of aromatic nitrogens is 3. The highest BCUT2D eigenvalue weighted by Crippen LogP contribution is 2.37. The highest BCUT2D eigenvalue weighted by molar-refractivity contribution is 5.93. The van der Waals surface area contributed by atoms with Gasteiger partial charge in [0.05, 0.1) is 17.8 Å². The summed E-state index contributed by atoms with van der Waals surface area (Å²) in [6, 6.07) is 1.69. The molecule has 0 N–H and O–H groups in total. The summed E-state index contributed by atoms with van der Waals surface area (Å²) in [6.07, 6.45) is 3.99. The van der Waals surface area contributed by atoms with E-state index in [1.807, 2.05) is 33.8 Å². The fourth-order valence-corrected chi connectivity index (χ4v) is 4.31. The van der Waals surface area contributed by atoms with Crippen LogP contribution < -0.4 is 4.90 Å². The van der Waals surface area contributed by atoms with Crippen molar-refractivity contribution in [2.45, 2.75) is 72.5 Å². The number of piperidine rings is 1. The van der Waals surface area contributed by atoms with Crippen molar-refractivity contribution in [1.29, 1.82) is 0 Å². The Morgan fingerprint density at radius 1 is 1.30 bits per heavy atom. The molecule has 3 rings (SSSR count). The summed E-state index contributed by atoms with van der Waals surface area (Å²) >= 11 is 0. The van der Waals surface area contributed by atoms with Gasteiger partial charge in [-0.3, -0.25) is 4.79 Å². The maximum atomic E-state index is 13.1. The molecule has 0 aliphatic carbocycles. The van der Waals surface area contributed by atoms with E-state index in [0.29, 0.717) is 28.5 Å². The Hall–Kier alpha value is -2.74. The van der Waals surface area contributed by atoms with Crippen molar-refractivity contribution >= 4 is 23.2 Å². The molecule has 1 atom stereocenters. The standard InChI is InChI=1S/C25H36N4O4/c1-8-10-18-11-13-28(14-12-18)23-21(22(24(31)32-9-2)33-25(5,6)7)16(3)26-20-15-19(17(4)30)27-29(20)23/h8,15,18,22H,1,9-14H2,2-7H3/t22-/m0/s1. The van der Waals surface area contributed by atoms with E-state index in [9.17, 15) is 9.59 Å². The van der Waals surface area contributed by atoms with Gasteiger partial charge in [-0.25, -0.2) is 9.78 Å². The molecule has 180 valence electrons. The van der Waals surface area contributed by atoms with Gasteiger partial charge in [0.2, 0.25) is 0 Å². The maximum Gasteiger partial charge on any atom is 0.340 e. The highest BCUT2D eigenvalue weighted by Gasteiger charge is 2.36. The van der Waals surface area contributed by atoms with Crippen LogP contribution in [0.3, 0.4) is 0 Å². The van der Waals surface area contributed by atoms with Crippen LogP contribution in [-0.2, 0) is 14.3 Å². The number of ether oxygens (including phenoxy) is 2. The zero-order chi connectivity index (χ0) is 24.3. The molecule has 8 heteroatoms. The summed E-state index contributed by atoms with van der Waals surface area (Å²) in [6.45, 7) is 16.6. The topological polar surface area (TPSA) is 86.0 Å².